The summed E-state index contributed by atoms with van der Waals surface area (Å²) in [4.78, 5) is 15.6. The van der Waals surface area contributed by atoms with Crippen LogP contribution in [0.3, 0.4) is 0 Å². The number of ether oxygens (including phenoxy) is 1. The molecule has 0 radical (unpaired) electrons. The van der Waals surface area contributed by atoms with E-state index in [9.17, 15) is 13.2 Å². The molecule has 1 fully saturated rings. The van der Waals surface area contributed by atoms with E-state index in [-0.39, 0.29) is 11.7 Å². The molecule has 5 nitrogen and oxygen atoms in total. The predicted molar refractivity (Wildman–Crippen MR) is 111 cm³/mol. The monoisotopic (exact) mass is 422 g/mol. The summed E-state index contributed by atoms with van der Waals surface area (Å²) in [5, 5.41) is 1.07. The summed E-state index contributed by atoms with van der Waals surface area (Å²) >= 11 is 0. The van der Waals surface area contributed by atoms with Gasteiger partial charge in [0.2, 0.25) is 0 Å². The molecule has 31 heavy (non-hydrogen) atoms. The van der Waals surface area contributed by atoms with Crippen LogP contribution in [0, 0.1) is 0 Å². The van der Waals surface area contributed by atoms with Crippen molar-refractivity contribution in [2.75, 3.05) is 18.0 Å². The van der Waals surface area contributed by atoms with Crippen LogP contribution in [0.1, 0.15) is 11.6 Å². The lowest BCUT2D eigenvalue weighted by molar-refractivity contribution is -0.274. The molecule has 8 heteroatoms. The Morgan fingerprint density at radius 2 is 1.71 bits per heavy atom. The van der Waals surface area contributed by atoms with Gasteiger partial charge >= 0.3 is 6.36 Å². The van der Waals surface area contributed by atoms with E-state index in [0.717, 1.165) is 35.4 Å². The highest BCUT2D eigenvalue weighted by Gasteiger charge is 2.33. The molecule has 0 atom stereocenters. The Bertz CT molecular complexity index is 1240. The van der Waals surface area contributed by atoms with Crippen LogP contribution in [0.25, 0.3) is 22.2 Å². The number of halogens is 3. The summed E-state index contributed by atoms with van der Waals surface area (Å²) in [5.74, 6) is -0.165. The van der Waals surface area contributed by atoms with Gasteiger partial charge < -0.3 is 9.64 Å². The van der Waals surface area contributed by atoms with Crippen molar-refractivity contribution in [1.82, 2.24) is 15.0 Å². The molecule has 0 spiro atoms. The van der Waals surface area contributed by atoms with Crippen LogP contribution in [-0.2, 0) is 0 Å². The normalized spacial score (nSPS) is 14.5. The minimum atomic E-state index is -4.74. The molecule has 1 aliphatic rings. The van der Waals surface area contributed by atoms with Gasteiger partial charge in [-0.1, -0.05) is 30.3 Å². The van der Waals surface area contributed by atoms with Crippen molar-refractivity contribution in [3.8, 4) is 17.0 Å². The molecule has 0 N–H and O–H groups in total. The molecule has 1 aliphatic heterocycles. The zero-order chi connectivity index (χ0) is 21.4. The Hall–Kier alpha value is -3.68. The maximum Gasteiger partial charge on any atom is 0.573 e. The van der Waals surface area contributed by atoms with Crippen molar-refractivity contribution >= 4 is 16.6 Å². The number of aromatic nitrogens is 3. The average molecular weight is 422 g/mol. The second-order valence-electron chi connectivity index (χ2n) is 7.35. The minimum absolute atomic E-state index is 0.113. The van der Waals surface area contributed by atoms with Crippen LogP contribution in [0.4, 0.5) is 18.9 Å². The molecule has 0 amide bonds. The van der Waals surface area contributed by atoms with Crippen LogP contribution >= 0.6 is 0 Å². The summed E-state index contributed by atoms with van der Waals surface area (Å²) in [6.07, 6.45) is 0.259. The highest BCUT2D eigenvalue weighted by molar-refractivity contribution is 5.82. The van der Waals surface area contributed by atoms with Crippen LogP contribution < -0.4 is 9.64 Å². The first-order valence-electron chi connectivity index (χ1n) is 9.73. The van der Waals surface area contributed by atoms with Gasteiger partial charge in [-0.05, 0) is 24.3 Å². The smallest absolute Gasteiger partial charge is 0.406 e. The van der Waals surface area contributed by atoms with E-state index in [2.05, 4.69) is 30.7 Å². The number of hydrogen-bond donors (Lipinski definition) is 0. The molecule has 1 saturated heterocycles. The van der Waals surface area contributed by atoms with E-state index < -0.39 is 6.36 Å². The van der Waals surface area contributed by atoms with Gasteiger partial charge in [-0.3, -0.25) is 15.0 Å². The van der Waals surface area contributed by atoms with Gasteiger partial charge in [0, 0.05) is 42.4 Å². The van der Waals surface area contributed by atoms with Gasteiger partial charge in [-0.25, -0.2) is 0 Å². The average Bonchev–Trinajstić information content (AvgIpc) is 2.72. The van der Waals surface area contributed by atoms with E-state index in [4.69, 9.17) is 0 Å². The van der Waals surface area contributed by atoms with Gasteiger partial charge in [0.15, 0.2) is 0 Å². The van der Waals surface area contributed by atoms with E-state index in [0.29, 0.717) is 11.3 Å². The molecule has 2 aromatic heterocycles. The molecule has 0 unspecified atom stereocenters. The second-order valence-corrected chi connectivity index (χ2v) is 7.35. The first-order valence-corrected chi connectivity index (χ1v) is 9.73. The number of benzene rings is 2. The van der Waals surface area contributed by atoms with Crippen molar-refractivity contribution in [3.63, 3.8) is 0 Å². The number of anilines is 1. The molecule has 0 aliphatic carbocycles. The van der Waals surface area contributed by atoms with E-state index in [1.807, 2.05) is 30.5 Å². The largest absolute Gasteiger partial charge is 0.573 e. The third kappa shape index (κ3) is 4.01. The molecule has 3 heterocycles. The Kier molecular flexibility index (Phi) is 4.69. The summed E-state index contributed by atoms with van der Waals surface area (Å²) in [5.41, 5.74) is 3.84. The number of hydrogen-bond acceptors (Lipinski definition) is 5. The highest BCUT2D eigenvalue weighted by atomic mass is 19.4. The van der Waals surface area contributed by atoms with Crippen molar-refractivity contribution in [1.29, 1.82) is 0 Å². The van der Waals surface area contributed by atoms with Crippen molar-refractivity contribution in [2.45, 2.75) is 12.3 Å². The zero-order valence-electron chi connectivity index (χ0n) is 16.3. The molecule has 0 saturated carbocycles. The number of rotatable bonds is 4. The van der Waals surface area contributed by atoms with E-state index in [1.54, 1.807) is 18.5 Å². The molecular formula is C23H17F3N4O. The first-order chi connectivity index (χ1) is 15.0. The van der Waals surface area contributed by atoms with Gasteiger partial charge in [-0.2, -0.15) is 0 Å². The number of para-hydroxylation sites is 1. The molecule has 0 bridgehead atoms. The summed E-state index contributed by atoms with van der Waals surface area (Å²) in [6.45, 7) is 1.45. The van der Waals surface area contributed by atoms with Crippen molar-refractivity contribution in [3.05, 3.63) is 78.9 Å². The lowest BCUT2D eigenvalue weighted by atomic mass is 9.92. The summed E-state index contributed by atoms with van der Waals surface area (Å²) < 4.78 is 41.8. The topological polar surface area (TPSA) is 51.1 Å². The third-order valence-corrected chi connectivity index (χ3v) is 5.28. The van der Waals surface area contributed by atoms with Gasteiger partial charge in [0.25, 0.3) is 0 Å². The fourth-order valence-corrected chi connectivity index (χ4v) is 3.81. The fraction of sp³-hybridized carbons (Fsp3) is 0.174. The minimum Gasteiger partial charge on any atom is -0.406 e. The molecule has 2 aromatic carbocycles. The standard InChI is InChI=1S/C23H17F3N4O/c24-23(25,26)31-19-6-3-5-16(11-19)21-22(28-9-8-27-21)17-13-30(14-17)18-10-15-4-1-2-7-20(15)29-12-18/h1-12,17H,13-14H2. The van der Waals surface area contributed by atoms with Crippen LogP contribution in [0.5, 0.6) is 5.75 Å². The second kappa shape index (κ2) is 7.54. The lowest BCUT2D eigenvalue weighted by Gasteiger charge is -2.41. The third-order valence-electron chi connectivity index (χ3n) is 5.28. The van der Waals surface area contributed by atoms with Crippen LogP contribution in [0.15, 0.2) is 73.2 Å². The van der Waals surface area contributed by atoms with Crippen molar-refractivity contribution in [2.24, 2.45) is 0 Å². The molecular weight excluding hydrogens is 405 g/mol. The summed E-state index contributed by atoms with van der Waals surface area (Å²) in [6, 6.07) is 15.9. The number of fused-ring (bicyclic) bond motifs is 1. The quantitative estimate of drug-likeness (QED) is 0.453. The number of pyridine rings is 1. The maximum atomic E-state index is 12.6. The van der Waals surface area contributed by atoms with Crippen molar-refractivity contribution < 1.29 is 17.9 Å². The Balaban J connectivity index is 1.38. The Labute approximate surface area is 176 Å². The molecule has 4 aromatic rings. The Morgan fingerprint density at radius 3 is 2.55 bits per heavy atom. The van der Waals surface area contributed by atoms with Gasteiger partial charge in [0.1, 0.15) is 5.75 Å². The van der Waals surface area contributed by atoms with Crippen LogP contribution in [0.2, 0.25) is 0 Å². The van der Waals surface area contributed by atoms with E-state index in [1.165, 1.54) is 18.2 Å². The number of alkyl halides is 3. The number of nitrogens with zero attached hydrogens (tertiary/aromatic N) is 4. The molecule has 5 rings (SSSR count). The van der Waals surface area contributed by atoms with Crippen LogP contribution in [-0.4, -0.2) is 34.4 Å². The Morgan fingerprint density at radius 1 is 0.903 bits per heavy atom. The predicted octanol–water partition coefficient (Wildman–Crippen LogP) is 5.19. The van der Waals surface area contributed by atoms with E-state index >= 15 is 0 Å². The fourth-order valence-electron chi connectivity index (χ4n) is 3.81. The highest BCUT2D eigenvalue weighted by Crippen LogP contribution is 2.36. The molecule has 156 valence electrons. The summed E-state index contributed by atoms with van der Waals surface area (Å²) in [7, 11) is 0. The SMILES string of the molecule is FC(F)(F)Oc1cccc(-c2nccnc2C2CN(c3cnc4ccccc4c3)C2)c1. The lowest BCUT2D eigenvalue weighted by Crippen LogP contribution is -2.45. The van der Waals surface area contributed by atoms with Gasteiger partial charge in [-0.15, -0.1) is 13.2 Å². The first kappa shape index (κ1) is 19.3. The maximum absolute atomic E-state index is 12.6. The van der Waals surface area contributed by atoms with Gasteiger partial charge in [0.05, 0.1) is 28.8 Å². The zero-order valence-corrected chi connectivity index (χ0v) is 16.3.